The van der Waals surface area contributed by atoms with Crippen LogP contribution >= 0.6 is 0 Å². The van der Waals surface area contributed by atoms with Gasteiger partial charge >= 0.3 is 0 Å². The smallest absolute Gasteiger partial charge is 0.161 e. The minimum atomic E-state index is 0.113. The van der Waals surface area contributed by atoms with Crippen molar-refractivity contribution in [3.63, 3.8) is 0 Å². The predicted molar refractivity (Wildman–Crippen MR) is 60.9 cm³/mol. The maximum Gasteiger partial charge on any atom is 0.161 e. The summed E-state index contributed by atoms with van der Waals surface area (Å²) >= 11 is 0. The number of Topliss-reactive ketones (excluding diaryl/α,β-unsaturated/α-hetero) is 1. The van der Waals surface area contributed by atoms with Crippen LogP contribution in [0.1, 0.15) is 34.1 Å². The van der Waals surface area contributed by atoms with Gasteiger partial charge in [-0.15, -0.1) is 0 Å². The quantitative estimate of drug-likeness (QED) is 0.555. The summed E-state index contributed by atoms with van der Waals surface area (Å²) in [6, 6.07) is 0. The van der Waals surface area contributed by atoms with E-state index >= 15 is 0 Å². The van der Waals surface area contributed by atoms with Crippen LogP contribution in [0.25, 0.3) is 0 Å². The Bertz CT molecular complexity index is 166. The highest BCUT2D eigenvalue weighted by Gasteiger charge is 2.09. The van der Waals surface area contributed by atoms with Gasteiger partial charge in [0.15, 0.2) is 5.78 Å². The van der Waals surface area contributed by atoms with Gasteiger partial charge in [0.2, 0.25) is 0 Å². The summed E-state index contributed by atoms with van der Waals surface area (Å²) in [7, 11) is 0. The lowest BCUT2D eigenvalue weighted by Crippen LogP contribution is -2.18. The van der Waals surface area contributed by atoms with Crippen molar-refractivity contribution in [1.29, 1.82) is 0 Å². The Kier molecular flexibility index (Phi) is 8.62. The standard InChI is InChI=1S/C12H24O3/c1-5-11(4)12(13)9-15-7-6-14-8-10(2)3/h10-11H,5-9H2,1-4H3. The van der Waals surface area contributed by atoms with Gasteiger partial charge in [0.05, 0.1) is 13.2 Å². The highest BCUT2D eigenvalue weighted by molar-refractivity contribution is 5.81. The second kappa shape index (κ2) is 8.86. The van der Waals surface area contributed by atoms with Crippen molar-refractivity contribution >= 4 is 5.78 Å². The van der Waals surface area contributed by atoms with Crippen molar-refractivity contribution in [3.8, 4) is 0 Å². The summed E-state index contributed by atoms with van der Waals surface area (Å²) in [4.78, 5) is 11.3. The Hall–Kier alpha value is -0.410. The summed E-state index contributed by atoms with van der Waals surface area (Å²) in [5.41, 5.74) is 0. The molecule has 1 unspecified atom stereocenters. The molecule has 0 saturated carbocycles. The van der Waals surface area contributed by atoms with Gasteiger partial charge in [0, 0.05) is 12.5 Å². The molecule has 0 radical (unpaired) electrons. The Morgan fingerprint density at radius 2 is 1.73 bits per heavy atom. The van der Waals surface area contributed by atoms with Gasteiger partial charge in [-0.3, -0.25) is 4.79 Å². The average molecular weight is 216 g/mol. The van der Waals surface area contributed by atoms with Crippen molar-refractivity contribution < 1.29 is 14.3 Å². The normalized spacial score (nSPS) is 13.1. The molecule has 3 heteroatoms. The number of ether oxygens (including phenoxy) is 2. The highest BCUT2D eigenvalue weighted by Crippen LogP contribution is 2.02. The summed E-state index contributed by atoms with van der Waals surface area (Å²) in [5.74, 6) is 0.842. The third-order valence-electron chi connectivity index (χ3n) is 2.23. The van der Waals surface area contributed by atoms with Gasteiger partial charge in [-0.2, -0.15) is 0 Å². The monoisotopic (exact) mass is 216 g/mol. The lowest BCUT2D eigenvalue weighted by Gasteiger charge is -2.09. The zero-order valence-electron chi connectivity index (χ0n) is 10.4. The first-order valence-corrected chi connectivity index (χ1v) is 5.76. The zero-order chi connectivity index (χ0) is 11.7. The number of rotatable bonds is 9. The van der Waals surface area contributed by atoms with E-state index in [2.05, 4.69) is 13.8 Å². The van der Waals surface area contributed by atoms with E-state index in [1.165, 1.54) is 0 Å². The van der Waals surface area contributed by atoms with E-state index < -0.39 is 0 Å². The second-order valence-electron chi connectivity index (χ2n) is 4.30. The molecule has 0 saturated heterocycles. The van der Waals surface area contributed by atoms with Gasteiger partial charge in [0.25, 0.3) is 0 Å². The van der Waals surface area contributed by atoms with Gasteiger partial charge < -0.3 is 9.47 Å². The average Bonchev–Trinajstić information content (AvgIpc) is 2.21. The topological polar surface area (TPSA) is 35.5 Å². The van der Waals surface area contributed by atoms with Crippen LogP contribution in [-0.2, 0) is 14.3 Å². The first-order chi connectivity index (χ1) is 7.07. The van der Waals surface area contributed by atoms with Crippen molar-refractivity contribution in [1.82, 2.24) is 0 Å². The summed E-state index contributed by atoms with van der Waals surface area (Å²) in [5, 5.41) is 0. The van der Waals surface area contributed by atoms with Crippen LogP contribution in [0.5, 0.6) is 0 Å². The highest BCUT2D eigenvalue weighted by atomic mass is 16.5. The molecule has 0 N–H and O–H groups in total. The molecule has 0 bridgehead atoms. The van der Waals surface area contributed by atoms with Crippen LogP contribution in [-0.4, -0.2) is 32.2 Å². The molecule has 15 heavy (non-hydrogen) atoms. The van der Waals surface area contributed by atoms with E-state index in [-0.39, 0.29) is 18.3 Å². The van der Waals surface area contributed by atoms with Crippen molar-refractivity contribution in [2.24, 2.45) is 11.8 Å². The molecule has 0 rings (SSSR count). The van der Waals surface area contributed by atoms with E-state index in [1.807, 2.05) is 13.8 Å². The molecule has 0 spiro atoms. The van der Waals surface area contributed by atoms with Crippen LogP contribution in [0.15, 0.2) is 0 Å². The lowest BCUT2D eigenvalue weighted by atomic mass is 10.1. The molecular weight excluding hydrogens is 192 g/mol. The molecule has 0 aliphatic carbocycles. The molecule has 0 amide bonds. The molecule has 1 atom stereocenters. The number of carbonyl (C=O) groups excluding carboxylic acids is 1. The number of carbonyl (C=O) groups is 1. The largest absolute Gasteiger partial charge is 0.379 e. The molecule has 0 aromatic heterocycles. The molecule has 0 aromatic rings. The molecule has 0 aromatic carbocycles. The Morgan fingerprint density at radius 1 is 1.13 bits per heavy atom. The molecule has 3 nitrogen and oxygen atoms in total. The minimum absolute atomic E-state index is 0.113. The second-order valence-corrected chi connectivity index (χ2v) is 4.30. The van der Waals surface area contributed by atoms with Crippen LogP contribution in [0.3, 0.4) is 0 Å². The number of ketones is 1. The van der Waals surface area contributed by atoms with Crippen LogP contribution < -0.4 is 0 Å². The predicted octanol–water partition coefficient (Wildman–Crippen LogP) is 2.29. The summed E-state index contributed by atoms with van der Waals surface area (Å²) in [6.45, 7) is 10.2. The van der Waals surface area contributed by atoms with E-state index in [0.717, 1.165) is 13.0 Å². The van der Waals surface area contributed by atoms with Crippen molar-refractivity contribution in [2.45, 2.75) is 34.1 Å². The molecule has 0 heterocycles. The molecule has 0 aliphatic rings. The fourth-order valence-corrected chi connectivity index (χ4v) is 0.980. The minimum Gasteiger partial charge on any atom is -0.379 e. The maximum absolute atomic E-state index is 11.3. The van der Waals surface area contributed by atoms with E-state index in [9.17, 15) is 4.79 Å². The number of hydrogen-bond donors (Lipinski definition) is 0. The third kappa shape index (κ3) is 8.58. The van der Waals surface area contributed by atoms with Gasteiger partial charge in [-0.1, -0.05) is 27.7 Å². The van der Waals surface area contributed by atoms with E-state index in [4.69, 9.17) is 9.47 Å². The Balaban J connectivity index is 3.27. The van der Waals surface area contributed by atoms with Gasteiger partial charge in [-0.05, 0) is 12.3 Å². The molecule has 90 valence electrons. The molecular formula is C12H24O3. The zero-order valence-corrected chi connectivity index (χ0v) is 10.4. The van der Waals surface area contributed by atoms with E-state index in [0.29, 0.717) is 19.1 Å². The van der Waals surface area contributed by atoms with Crippen LogP contribution in [0.4, 0.5) is 0 Å². The van der Waals surface area contributed by atoms with Crippen molar-refractivity contribution in [2.75, 3.05) is 26.4 Å². The molecule has 0 fully saturated rings. The lowest BCUT2D eigenvalue weighted by molar-refractivity contribution is -0.127. The van der Waals surface area contributed by atoms with E-state index in [1.54, 1.807) is 0 Å². The SMILES string of the molecule is CCC(C)C(=O)COCCOCC(C)C. The number of hydrogen-bond acceptors (Lipinski definition) is 3. The van der Waals surface area contributed by atoms with Gasteiger partial charge in [-0.25, -0.2) is 0 Å². The fraction of sp³-hybridized carbons (Fsp3) is 0.917. The summed E-state index contributed by atoms with van der Waals surface area (Å²) in [6.07, 6.45) is 0.881. The summed E-state index contributed by atoms with van der Waals surface area (Å²) < 4.78 is 10.6. The van der Waals surface area contributed by atoms with Crippen LogP contribution in [0, 0.1) is 11.8 Å². The fourth-order valence-electron chi connectivity index (χ4n) is 0.980. The Morgan fingerprint density at radius 3 is 2.27 bits per heavy atom. The first-order valence-electron chi connectivity index (χ1n) is 5.76. The molecule has 0 aliphatic heterocycles. The van der Waals surface area contributed by atoms with Gasteiger partial charge in [0.1, 0.15) is 6.61 Å². The Labute approximate surface area is 93.1 Å². The first kappa shape index (κ1) is 14.6. The van der Waals surface area contributed by atoms with Crippen molar-refractivity contribution in [3.05, 3.63) is 0 Å². The third-order valence-corrected chi connectivity index (χ3v) is 2.23. The maximum atomic E-state index is 11.3. The van der Waals surface area contributed by atoms with Crippen LogP contribution in [0.2, 0.25) is 0 Å².